The Bertz CT molecular complexity index is 712. The van der Waals surface area contributed by atoms with Gasteiger partial charge in [-0.15, -0.1) is 11.3 Å². The fourth-order valence-electron chi connectivity index (χ4n) is 1.75. The monoisotopic (exact) mass is 339 g/mol. The number of aromatic nitrogens is 1. The van der Waals surface area contributed by atoms with Crippen molar-refractivity contribution in [3.63, 3.8) is 0 Å². The van der Waals surface area contributed by atoms with Gasteiger partial charge in [-0.2, -0.15) is 0 Å². The Balaban J connectivity index is 2.26. The highest BCUT2D eigenvalue weighted by molar-refractivity contribution is 7.14. The molecule has 0 amide bonds. The summed E-state index contributed by atoms with van der Waals surface area (Å²) in [4.78, 5) is 15.0. The van der Waals surface area contributed by atoms with E-state index < -0.39 is 5.97 Å². The quantitative estimate of drug-likeness (QED) is 0.859. The largest absolute Gasteiger partial charge is 0.493 e. The Morgan fingerprint density at radius 3 is 2.82 bits per heavy atom. The molecule has 1 heterocycles. The fraction of sp³-hybridized carbons (Fsp3) is 0.200. The highest BCUT2D eigenvalue weighted by Gasteiger charge is 2.11. The molecule has 0 saturated heterocycles. The zero-order valence-corrected chi connectivity index (χ0v) is 13.6. The lowest BCUT2D eigenvalue weighted by molar-refractivity contribution is 0.0702. The van der Waals surface area contributed by atoms with E-state index in [2.05, 4.69) is 4.98 Å². The number of benzene rings is 1. The molecule has 2 rings (SSSR count). The second-order valence-electron chi connectivity index (χ2n) is 4.17. The smallest absolute Gasteiger partial charge is 0.347 e. The molecule has 0 aliphatic carbocycles. The molecule has 22 heavy (non-hydrogen) atoms. The van der Waals surface area contributed by atoms with Crippen LogP contribution in [0.3, 0.4) is 0 Å². The van der Waals surface area contributed by atoms with Crippen LogP contribution in [0.1, 0.15) is 27.2 Å². The number of carboxylic acid groups (broad SMARTS) is 1. The number of ether oxygens (including phenoxy) is 2. The van der Waals surface area contributed by atoms with Crippen molar-refractivity contribution in [3.8, 4) is 11.5 Å². The van der Waals surface area contributed by atoms with Gasteiger partial charge in [0.2, 0.25) is 0 Å². The van der Waals surface area contributed by atoms with Crippen LogP contribution in [0.4, 0.5) is 0 Å². The minimum atomic E-state index is -0.983. The molecule has 1 aromatic carbocycles. The molecular formula is C15H14ClNO4S. The summed E-state index contributed by atoms with van der Waals surface area (Å²) in [5.41, 5.74) is 0.803. The lowest BCUT2D eigenvalue weighted by atomic mass is 10.2. The average Bonchev–Trinajstić information content (AvgIpc) is 2.96. The molecule has 0 saturated carbocycles. The zero-order valence-electron chi connectivity index (χ0n) is 12.0. The van der Waals surface area contributed by atoms with E-state index in [0.29, 0.717) is 28.1 Å². The molecule has 0 aliphatic rings. The Morgan fingerprint density at radius 2 is 2.23 bits per heavy atom. The van der Waals surface area contributed by atoms with Gasteiger partial charge in [0.05, 0.1) is 24.9 Å². The summed E-state index contributed by atoms with van der Waals surface area (Å²) in [5, 5.41) is 9.92. The number of aromatic carboxylic acids is 1. The number of carboxylic acids is 1. The number of halogens is 1. The highest BCUT2D eigenvalue weighted by atomic mass is 35.5. The van der Waals surface area contributed by atoms with Crippen molar-refractivity contribution in [1.29, 1.82) is 0 Å². The predicted octanol–water partition coefficient (Wildman–Crippen LogP) is 4.07. The zero-order chi connectivity index (χ0) is 16.1. The molecular weight excluding hydrogens is 326 g/mol. The van der Waals surface area contributed by atoms with Gasteiger partial charge in [-0.05, 0) is 30.7 Å². The third-order valence-electron chi connectivity index (χ3n) is 2.69. The maximum Gasteiger partial charge on any atom is 0.347 e. The number of methoxy groups -OCH3 is 1. The van der Waals surface area contributed by atoms with Gasteiger partial charge in [0.15, 0.2) is 11.5 Å². The van der Waals surface area contributed by atoms with Crippen molar-refractivity contribution in [2.75, 3.05) is 13.7 Å². The van der Waals surface area contributed by atoms with Crippen molar-refractivity contribution in [2.45, 2.75) is 6.92 Å². The van der Waals surface area contributed by atoms with Crippen LogP contribution in [-0.4, -0.2) is 29.8 Å². The Morgan fingerprint density at radius 1 is 1.45 bits per heavy atom. The maximum absolute atomic E-state index is 10.8. The van der Waals surface area contributed by atoms with Crippen molar-refractivity contribution in [3.05, 3.63) is 38.8 Å². The molecule has 0 atom stereocenters. The Kier molecular flexibility index (Phi) is 5.41. The summed E-state index contributed by atoms with van der Waals surface area (Å²) in [6, 6.07) is 3.54. The molecule has 0 radical (unpaired) electrons. The average molecular weight is 340 g/mol. The number of nitrogens with zero attached hydrogens (tertiary/aromatic N) is 1. The lowest BCUT2D eigenvalue weighted by Crippen LogP contribution is -1.96. The van der Waals surface area contributed by atoms with Crippen LogP contribution in [0, 0.1) is 0 Å². The molecule has 0 aliphatic heterocycles. The third-order valence-corrected chi connectivity index (χ3v) is 3.92. The summed E-state index contributed by atoms with van der Waals surface area (Å²) in [6.45, 7) is 2.36. The van der Waals surface area contributed by atoms with Gasteiger partial charge in [0.25, 0.3) is 0 Å². The number of hydrogen-bond acceptors (Lipinski definition) is 5. The minimum absolute atomic E-state index is 0.196. The van der Waals surface area contributed by atoms with Gasteiger partial charge in [0, 0.05) is 0 Å². The van der Waals surface area contributed by atoms with Crippen molar-refractivity contribution < 1.29 is 19.4 Å². The fourth-order valence-corrected chi connectivity index (χ4v) is 2.68. The van der Waals surface area contributed by atoms with Gasteiger partial charge in [-0.1, -0.05) is 17.7 Å². The SMILES string of the molecule is CCOc1c(Cl)cc(/C=C/c2ncc(C(=O)O)s2)cc1OC. The molecule has 0 unspecified atom stereocenters. The first kappa shape index (κ1) is 16.3. The lowest BCUT2D eigenvalue weighted by Gasteiger charge is -2.11. The van der Waals surface area contributed by atoms with Gasteiger partial charge in [-0.25, -0.2) is 9.78 Å². The topological polar surface area (TPSA) is 68.7 Å². The van der Waals surface area contributed by atoms with E-state index in [-0.39, 0.29) is 4.88 Å². The van der Waals surface area contributed by atoms with E-state index in [1.807, 2.05) is 6.92 Å². The molecule has 116 valence electrons. The molecule has 0 bridgehead atoms. The van der Waals surface area contributed by atoms with Gasteiger partial charge in [0.1, 0.15) is 9.88 Å². The molecule has 0 fully saturated rings. The normalized spacial score (nSPS) is 10.9. The highest BCUT2D eigenvalue weighted by Crippen LogP contribution is 2.36. The molecule has 1 aromatic heterocycles. The van der Waals surface area contributed by atoms with E-state index in [1.165, 1.54) is 6.20 Å². The van der Waals surface area contributed by atoms with Crippen LogP contribution in [0.25, 0.3) is 12.2 Å². The van der Waals surface area contributed by atoms with E-state index in [1.54, 1.807) is 31.4 Å². The molecule has 7 heteroatoms. The van der Waals surface area contributed by atoms with Crippen LogP contribution < -0.4 is 9.47 Å². The summed E-state index contributed by atoms with van der Waals surface area (Å²) in [7, 11) is 1.54. The third kappa shape index (κ3) is 3.78. The summed E-state index contributed by atoms with van der Waals surface area (Å²) >= 11 is 7.29. The predicted molar refractivity (Wildman–Crippen MR) is 87.2 cm³/mol. The van der Waals surface area contributed by atoms with Crippen molar-refractivity contribution in [1.82, 2.24) is 4.98 Å². The Labute approximate surface area is 136 Å². The number of carbonyl (C=O) groups is 1. The number of thiazole rings is 1. The van der Waals surface area contributed by atoms with E-state index in [4.69, 9.17) is 26.2 Å². The molecule has 5 nitrogen and oxygen atoms in total. The summed E-state index contributed by atoms with van der Waals surface area (Å²) in [5.74, 6) is 0.0634. The van der Waals surface area contributed by atoms with Crippen molar-refractivity contribution in [2.24, 2.45) is 0 Å². The van der Waals surface area contributed by atoms with E-state index >= 15 is 0 Å². The first-order valence-electron chi connectivity index (χ1n) is 6.42. The van der Waals surface area contributed by atoms with Gasteiger partial charge < -0.3 is 14.6 Å². The molecule has 1 N–H and O–H groups in total. The van der Waals surface area contributed by atoms with E-state index in [9.17, 15) is 4.79 Å². The van der Waals surface area contributed by atoms with Crippen LogP contribution in [0.5, 0.6) is 11.5 Å². The standard InChI is InChI=1S/C15H14ClNO4S/c1-3-21-14-10(16)6-9(7-11(14)20-2)4-5-13-17-8-12(22-13)15(18)19/h4-8H,3H2,1-2H3,(H,18,19)/b5-4+. The second kappa shape index (κ2) is 7.29. The van der Waals surface area contributed by atoms with Crippen LogP contribution in [0.2, 0.25) is 5.02 Å². The molecule has 0 spiro atoms. The first-order chi connectivity index (χ1) is 10.5. The van der Waals surface area contributed by atoms with Crippen LogP contribution >= 0.6 is 22.9 Å². The van der Waals surface area contributed by atoms with Gasteiger partial charge >= 0.3 is 5.97 Å². The van der Waals surface area contributed by atoms with E-state index in [0.717, 1.165) is 16.9 Å². The summed E-state index contributed by atoms with van der Waals surface area (Å²) in [6.07, 6.45) is 4.84. The van der Waals surface area contributed by atoms with Crippen molar-refractivity contribution >= 4 is 41.1 Å². The van der Waals surface area contributed by atoms with Crippen LogP contribution in [-0.2, 0) is 0 Å². The second-order valence-corrected chi connectivity index (χ2v) is 5.64. The number of hydrogen-bond donors (Lipinski definition) is 1. The maximum atomic E-state index is 10.8. The Hall–Kier alpha value is -2.05. The molecule has 2 aromatic rings. The minimum Gasteiger partial charge on any atom is -0.493 e. The first-order valence-corrected chi connectivity index (χ1v) is 7.62. The van der Waals surface area contributed by atoms with Gasteiger partial charge in [-0.3, -0.25) is 0 Å². The van der Waals surface area contributed by atoms with Crippen LogP contribution in [0.15, 0.2) is 18.3 Å². The number of rotatable bonds is 6. The summed E-state index contributed by atoms with van der Waals surface area (Å²) < 4.78 is 10.7.